The molecule has 2 rings (SSSR count). The molecular weight excluding hydrogens is 263 g/mol. The van der Waals surface area contributed by atoms with Crippen molar-refractivity contribution >= 4 is 23.2 Å². The van der Waals surface area contributed by atoms with Gasteiger partial charge in [-0.25, -0.2) is 0 Å². The maximum Gasteiger partial charge on any atom is 0.254 e. The third kappa shape index (κ3) is 2.72. The first-order chi connectivity index (χ1) is 8.22. The maximum atomic E-state index is 6.06. The Morgan fingerprint density at radius 3 is 2.94 bits per heavy atom. The van der Waals surface area contributed by atoms with Gasteiger partial charge in [0.15, 0.2) is 5.76 Å². The Labute approximate surface area is 108 Å². The van der Waals surface area contributed by atoms with Crippen LogP contribution in [0.2, 0.25) is 10.0 Å². The predicted molar refractivity (Wildman–Crippen MR) is 66.5 cm³/mol. The Bertz CT molecular complexity index is 514. The van der Waals surface area contributed by atoms with Crippen molar-refractivity contribution in [3.05, 3.63) is 34.3 Å². The molecule has 6 heteroatoms. The SMILES string of the molecule is NCCOc1cc(-c2cccc(Cl)c2Cl)on1. The lowest BCUT2D eigenvalue weighted by Crippen LogP contribution is -2.10. The molecular formula is C11H10Cl2N2O2. The van der Waals surface area contributed by atoms with E-state index in [0.29, 0.717) is 40.4 Å². The minimum absolute atomic E-state index is 0.376. The first kappa shape index (κ1) is 12.2. The highest BCUT2D eigenvalue weighted by Gasteiger charge is 2.12. The fourth-order valence-corrected chi connectivity index (χ4v) is 1.71. The molecule has 1 heterocycles. The summed E-state index contributed by atoms with van der Waals surface area (Å²) in [4.78, 5) is 0. The topological polar surface area (TPSA) is 61.3 Å². The molecule has 1 aromatic heterocycles. The first-order valence-electron chi connectivity index (χ1n) is 4.96. The number of benzene rings is 1. The van der Waals surface area contributed by atoms with E-state index in [4.69, 9.17) is 38.2 Å². The molecule has 0 aliphatic heterocycles. The van der Waals surface area contributed by atoms with E-state index in [2.05, 4.69) is 5.16 Å². The molecule has 0 atom stereocenters. The Balaban J connectivity index is 2.27. The largest absolute Gasteiger partial charge is 0.474 e. The van der Waals surface area contributed by atoms with Gasteiger partial charge in [0.25, 0.3) is 5.88 Å². The summed E-state index contributed by atoms with van der Waals surface area (Å²) in [6.45, 7) is 0.801. The van der Waals surface area contributed by atoms with Gasteiger partial charge in [-0.1, -0.05) is 29.3 Å². The molecule has 0 unspecified atom stereocenters. The Hall–Kier alpha value is -1.23. The highest BCUT2D eigenvalue weighted by Crippen LogP contribution is 2.34. The number of nitrogens with zero attached hydrogens (tertiary/aromatic N) is 1. The van der Waals surface area contributed by atoms with Crippen molar-refractivity contribution in [1.82, 2.24) is 5.16 Å². The normalized spacial score (nSPS) is 10.5. The molecule has 0 radical (unpaired) electrons. The average molecular weight is 273 g/mol. The molecule has 4 nitrogen and oxygen atoms in total. The van der Waals surface area contributed by atoms with Crippen LogP contribution >= 0.6 is 23.2 Å². The van der Waals surface area contributed by atoms with Crippen LogP contribution in [0, 0.1) is 0 Å². The van der Waals surface area contributed by atoms with E-state index < -0.39 is 0 Å². The summed E-state index contributed by atoms with van der Waals surface area (Å²) >= 11 is 12.0. The van der Waals surface area contributed by atoms with Crippen molar-refractivity contribution in [1.29, 1.82) is 0 Å². The summed E-state index contributed by atoms with van der Waals surface area (Å²) < 4.78 is 10.3. The molecule has 0 fully saturated rings. The summed E-state index contributed by atoms with van der Waals surface area (Å²) in [5, 5.41) is 4.64. The minimum Gasteiger partial charge on any atom is -0.474 e. The third-order valence-corrected chi connectivity index (χ3v) is 2.89. The van der Waals surface area contributed by atoms with E-state index >= 15 is 0 Å². The zero-order valence-electron chi connectivity index (χ0n) is 8.82. The van der Waals surface area contributed by atoms with Crippen LogP contribution in [0.1, 0.15) is 0 Å². The second-order valence-corrected chi connectivity index (χ2v) is 4.05. The Morgan fingerprint density at radius 2 is 2.18 bits per heavy atom. The highest BCUT2D eigenvalue weighted by atomic mass is 35.5. The van der Waals surface area contributed by atoms with Gasteiger partial charge in [0.2, 0.25) is 0 Å². The number of hydrogen-bond donors (Lipinski definition) is 1. The second-order valence-electron chi connectivity index (χ2n) is 3.27. The number of hydrogen-bond acceptors (Lipinski definition) is 4. The van der Waals surface area contributed by atoms with Gasteiger partial charge in [-0.05, 0) is 17.3 Å². The van der Waals surface area contributed by atoms with Gasteiger partial charge in [-0.15, -0.1) is 0 Å². The van der Waals surface area contributed by atoms with Gasteiger partial charge >= 0.3 is 0 Å². The van der Waals surface area contributed by atoms with Crippen molar-refractivity contribution in [3.8, 4) is 17.2 Å². The maximum absolute atomic E-state index is 6.06. The molecule has 0 spiro atoms. The number of halogens is 2. The van der Waals surface area contributed by atoms with Gasteiger partial charge < -0.3 is 15.0 Å². The molecule has 17 heavy (non-hydrogen) atoms. The van der Waals surface area contributed by atoms with Crippen molar-refractivity contribution in [2.24, 2.45) is 5.73 Å². The number of ether oxygens (including phenoxy) is 1. The van der Waals surface area contributed by atoms with Crippen molar-refractivity contribution in [2.45, 2.75) is 0 Å². The predicted octanol–water partition coefficient (Wildman–Crippen LogP) is 2.99. The van der Waals surface area contributed by atoms with E-state index in [0.717, 1.165) is 0 Å². The van der Waals surface area contributed by atoms with Crippen LogP contribution in [-0.4, -0.2) is 18.3 Å². The molecule has 0 aliphatic rings. The van der Waals surface area contributed by atoms with Crippen LogP contribution < -0.4 is 10.5 Å². The number of aromatic nitrogens is 1. The van der Waals surface area contributed by atoms with Gasteiger partial charge in [-0.2, -0.15) is 0 Å². The molecule has 2 N–H and O–H groups in total. The van der Waals surface area contributed by atoms with E-state index in [1.54, 1.807) is 24.3 Å². The molecule has 0 aliphatic carbocycles. The fraction of sp³-hybridized carbons (Fsp3) is 0.182. The molecule has 0 saturated carbocycles. The first-order valence-corrected chi connectivity index (χ1v) is 5.72. The number of nitrogens with two attached hydrogens (primary N) is 1. The standard InChI is InChI=1S/C11H10Cl2N2O2/c12-8-3-1-2-7(11(8)13)9-6-10(15-17-9)16-5-4-14/h1-3,6H,4-5,14H2. The summed E-state index contributed by atoms with van der Waals surface area (Å²) in [6.07, 6.45) is 0. The quantitative estimate of drug-likeness (QED) is 0.930. The van der Waals surface area contributed by atoms with E-state index in [1.165, 1.54) is 0 Å². The second kappa shape index (κ2) is 5.40. The van der Waals surface area contributed by atoms with Crippen LogP contribution in [0.25, 0.3) is 11.3 Å². The van der Waals surface area contributed by atoms with Gasteiger partial charge in [0.05, 0.1) is 10.0 Å². The van der Waals surface area contributed by atoms with Crippen LogP contribution in [0.5, 0.6) is 5.88 Å². The third-order valence-electron chi connectivity index (χ3n) is 2.07. The van der Waals surface area contributed by atoms with Crippen molar-refractivity contribution < 1.29 is 9.26 Å². The van der Waals surface area contributed by atoms with Crippen LogP contribution in [0.4, 0.5) is 0 Å². The van der Waals surface area contributed by atoms with E-state index in [9.17, 15) is 0 Å². The van der Waals surface area contributed by atoms with Crippen LogP contribution in [0.15, 0.2) is 28.8 Å². The summed E-state index contributed by atoms with van der Waals surface area (Å²) in [5.41, 5.74) is 5.99. The molecule has 0 bridgehead atoms. The fourth-order valence-electron chi connectivity index (χ4n) is 1.31. The lowest BCUT2D eigenvalue weighted by molar-refractivity contribution is 0.288. The number of rotatable bonds is 4. The summed E-state index contributed by atoms with van der Waals surface area (Å²) in [6, 6.07) is 6.93. The Morgan fingerprint density at radius 1 is 1.35 bits per heavy atom. The zero-order chi connectivity index (χ0) is 12.3. The highest BCUT2D eigenvalue weighted by molar-refractivity contribution is 6.43. The average Bonchev–Trinajstić information content (AvgIpc) is 2.78. The molecule has 2 aromatic rings. The van der Waals surface area contributed by atoms with Crippen LogP contribution in [-0.2, 0) is 0 Å². The van der Waals surface area contributed by atoms with E-state index in [-0.39, 0.29) is 0 Å². The minimum atomic E-state index is 0.376. The lowest BCUT2D eigenvalue weighted by Gasteiger charge is -2.00. The molecule has 0 saturated heterocycles. The zero-order valence-corrected chi connectivity index (χ0v) is 10.3. The van der Waals surface area contributed by atoms with Gasteiger partial charge in [-0.3, -0.25) is 0 Å². The van der Waals surface area contributed by atoms with Gasteiger partial charge in [0.1, 0.15) is 6.61 Å². The van der Waals surface area contributed by atoms with Crippen molar-refractivity contribution in [3.63, 3.8) is 0 Å². The van der Waals surface area contributed by atoms with Crippen molar-refractivity contribution in [2.75, 3.05) is 13.2 Å². The lowest BCUT2D eigenvalue weighted by atomic mass is 10.2. The van der Waals surface area contributed by atoms with Crippen LogP contribution in [0.3, 0.4) is 0 Å². The molecule has 90 valence electrons. The van der Waals surface area contributed by atoms with Gasteiger partial charge in [0, 0.05) is 18.2 Å². The smallest absolute Gasteiger partial charge is 0.254 e. The summed E-state index contributed by atoms with van der Waals surface area (Å²) in [7, 11) is 0. The Kier molecular flexibility index (Phi) is 3.89. The monoisotopic (exact) mass is 272 g/mol. The molecule has 0 amide bonds. The van der Waals surface area contributed by atoms with E-state index in [1.807, 2.05) is 0 Å². The molecule has 1 aromatic carbocycles. The summed E-state index contributed by atoms with van der Waals surface area (Å²) in [5.74, 6) is 0.881.